The van der Waals surface area contributed by atoms with Gasteiger partial charge in [-0.15, -0.1) is 0 Å². The number of benzene rings is 2. The number of aryl methyl sites for hydroxylation is 1. The van der Waals surface area contributed by atoms with Crippen LogP contribution in [0.3, 0.4) is 0 Å². The van der Waals surface area contributed by atoms with E-state index in [1.165, 1.54) is 6.07 Å². The van der Waals surface area contributed by atoms with Gasteiger partial charge in [0.15, 0.2) is 0 Å². The number of para-hydroxylation sites is 1. The Kier molecular flexibility index (Phi) is 3.79. The van der Waals surface area contributed by atoms with Crippen LogP contribution in [0.15, 0.2) is 46.9 Å². The van der Waals surface area contributed by atoms with E-state index in [1.54, 1.807) is 6.07 Å². The van der Waals surface area contributed by atoms with Crippen LogP contribution < -0.4 is 4.74 Å². The van der Waals surface area contributed by atoms with Crippen molar-refractivity contribution in [1.82, 2.24) is 0 Å². The highest BCUT2D eigenvalue weighted by molar-refractivity contribution is 9.10. The third-order valence-electron chi connectivity index (χ3n) is 2.47. The van der Waals surface area contributed by atoms with Gasteiger partial charge >= 0.3 is 0 Å². The van der Waals surface area contributed by atoms with Crippen molar-refractivity contribution >= 4 is 15.9 Å². The van der Waals surface area contributed by atoms with Gasteiger partial charge in [0, 0.05) is 0 Å². The minimum Gasteiger partial charge on any atom is -0.489 e. The third-order valence-corrected chi connectivity index (χ3v) is 3.12. The van der Waals surface area contributed by atoms with Gasteiger partial charge in [0.05, 0.1) is 4.47 Å². The molecule has 0 aliphatic heterocycles. The molecule has 0 heterocycles. The Labute approximate surface area is 108 Å². The molecule has 0 saturated carbocycles. The maximum absolute atomic E-state index is 13.3. The molecule has 0 aliphatic rings. The largest absolute Gasteiger partial charge is 0.489 e. The van der Waals surface area contributed by atoms with Crippen LogP contribution >= 0.6 is 15.9 Å². The van der Waals surface area contributed by atoms with Crippen LogP contribution in [0.2, 0.25) is 0 Å². The van der Waals surface area contributed by atoms with Crippen molar-refractivity contribution in [2.24, 2.45) is 0 Å². The molecular formula is C14H12BrFO. The van der Waals surface area contributed by atoms with Gasteiger partial charge in [-0.05, 0) is 52.2 Å². The normalized spacial score (nSPS) is 10.3. The summed E-state index contributed by atoms with van der Waals surface area (Å²) in [5.41, 5.74) is 1.89. The molecule has 0 amide bonds. The zero-order chi connectivity index (χ0) is 12.3. The smallest absolute Gasteiger partial charge is 0.137 e. The summed E-state index contributed by atoms with van der Waals surface area (Å²) in [5, 5.41) is 0. The van der Waals surface area contributed by atoms with E-state index in [0.29, 0.717) is 11.1 Å². The Bertz CT molecular complexity index is 525. The molecular weight excluding hydrogens is 283 g/mol. The highest BCUT2D eigenvalue weighted by atomic mass is 79.9. The summed E-state index contributed by atoms with van der Waals surface area (Å²) in [6.07, 6.45) is 0. The van der Waals surface area contributed by atoms with Crippen LogP contribution in [-0.2, 0) is 6.61 Å². The van der Waals surface area contributed by atoms with E-state index in [1.807, 2.05) is 37.3 Å². The van der Waals surface area contributed by atoms with Crippen molar-refractivity contribution in [2.75, 3.05) is 0 Å². The second-order valence-corrected chi connectivity index (χ2v) is 4.66. The van der Waals surface area contributed by atoms with E-state index < -0.39 is 0 Å². The predicted molar refractivity (Wildman–Crippen MR) is 69.6 cm³/mol. The molecule has 0 saturated heterocycles. The topological polar surface area (TPSA) is 9.23 Å². The molecule has 0 fully saturated rings. The van der Waals surface area contributed by atoms with Crippen LogP contribution in [0, 0.1) is 12.7 Å². The molecule has 0 N–H and O–H groups in total. The highest BCUT2D eigenvalue weighted by Gasteiger charge is 2.02. The number of ether oxygens (including phenoxy) is 1. The summed E-state index contributed by atoms with van der Waals surface area (Å²) in [7, 11) is 0. The lowest BCUT2D eigenvalue weighted by molar-refractivity contribution is 0.303. The van der Waals surface area contributed by atoms with Crippen LogP contribution in [0.1, 0.15) is 11.1 Å². The van der Waals surface area contributed by atoms with E-state index in [9.17, 15) is 4.39 Å². The maximum atomic E-state index is 13.3. The monoisotopic (exact) mass is 294 g/mol. The van der Waals surface area contributed by atoms with Crippen molar-refractivity contribution in [1.29, 1.82) is 0 Å². The molecule has 3 heteroatoms. The summed E-state index contributed by atoms with van der Waals surface area (Å²) in [6, 6.07) is 12.8. The van der Waals surface area contributed by atoms with E-state index in [2.05, 4.69) is 15.9 Å². The van der Waals surface area contributed by atoms with Gasteiger partial charge in [-0.3, -0.25) is 0 Å². The fourth-order valence-corrected chi connectivity index (χ4v) is 1.76. The molecule has 2 aromatic rings. The Morgan fingerprint density at radius 3 is 2.65 bits per heavy atom. The SMILES string of the molecule is Cc1ccccc1OCc1ccc(Br)c(F)c1. The van der Waals surface area contributed by atoms with Gasteiger partial charge < -0.3 is 4.74 Å². The zero-order valence-electron chi connectivity index (χ0n) is 9.41. The molecule has 0 aliphatic carbocycles. The minimum absolute atomic E-state index is 0.268. The van der Waals surface area contributed by atoms with Gasteiger partial charge in [-0.25, -0.2) is 4.39 Å². The first-order valence-electron chi connectivity index (χ1n) is 5.29. The molecule has 0 spiro atoms. The lowest BCUT2D eigenvalue weighted by Crippen LogP contribution is -1.97. The molecule has 0 bridgehead atoms. The highest BCUT2D eigenvalue weighted by Crippen LogP contribution is 2.20. The lowest BCUT2D eigenvalue weighted by Gasteiger charge is -2.09. The van der Waals surface area contributed by atoms with Gasteiger partial charge in [0.1, 0.15) is 18.2 Å². The summed E-state index contributed by atoms with van der Waals surface area (Å²) >= 11 is 3.12. The minimum atomic E-state index is -0.268. The van der Waals surface area contributed by atoms with E-state index in [-0.39, 0.29) is 5.82 Å². The average Bonchev–Trinajstić information content (AvgIpc) is 2.32. The van der Waals surface area contributed by atoms with Crippen LogP contribution in [0.4, 0.5) is 4.39 Å². The predicted octanol–water partition coefficient (Wildman–Crippen LogP) is 4.48. The van der Waals surface area contributed by atoms with Gasteiger partial charge in [-0.1, -0.05) is 24.3 Å². The molecule has 2 rings (SSSR count). The quantitative estimate of drug-likeness (QED) is 0.811. The van der Waals surface area contributed by atoms with Gasteiger partial charge in [0.25, 0.3) is 0 Å². The molecule has 0 unspecified atom stereocenters. The second-order valence-electron chi connectivity index (χ2n) is 3.80. The van der Waals surface area contributed by atoms with Gasteiger partial charge in [0.2, 0.25) is 0 Å². The number of hydrogen-bond donors (Lipinski definition) is 0. The summed E-state index contributed by atoms with van der Waals surface area (Å²) < 4.78 is 19.4. The first kappa shape index (κ1) is 12.1. The van der Waals surface area contributed by atoms with Crippen molar-refractivity contribution in [3.63, 3.8) is 0 Å². The Morgan fingerprint density at radius 2 is 1.94 bits per heavy atom. The first-order valence-corrected chi connectivity index (χ1v) is 6.08. The van der Waals surface area contributed by atoms with Crippen LogP contribution in [-0.4, -0.2) is 0 Å². The van der Waals surface area contributed by atoms with Crippen molar-refractivity contribution in [2.45, 2.75) is 13.5 Å². The maximum Gasteiger partial charge on any atom is 0.137 e. The summed E-state index contributed by atoms with van der Waals surface area (Å²) in [4.78, 5) is 0. The van der Waals surface area contributed by atoms with E-state index in [0.717, 1.165) is 16.9 Å². The second kappa shape index (κ2) is 5.32. The van der Waals surface area contributed by atoms with Crippen molar-refractivity contribution in [3.8, 4) is 5.75 Å². The summed E-state index contributed by atoms with van der Waals surface area (Å²) in [6.45, 7) is 2.35. The standard InChI is InChI=1S/C14H12BrFO/c1-10-4-2-3-5-14(10)17-9-11-6-7-12(15)13(16)8-11/h2-8H,9H2,1H3. The average molecular weight is 295 g/mol. The van der Waals surface area contributed by atoms with E-state index in [4.69, 9.17) is 4.74 Å². The molecule has 2 aromatic carbocycles. The van der Waals surface area contributed by atoms with Crippen molar-refractivity contribution < 1.29 is 9.13 Å². The first-order chi connectivity index (χ1) is 8.16. The molecule has 0 atom stereocenters. The molecule has 17 heavy (non-hydrogen) atoms. The molecule has 0 radical (unpaired) electrons. The van der Waals surface area contributed by atoms with E-state index >= 15 is 0 Å². The number of halogens is 2. The summed E-state index contributed by atoms with van der Waals surface area (Å²) in [5.74, 6) is 0.562. The lowest BCUT2D eigenvalue weighted by atomic mass is 10.2. The fourth-order valence-electron chi connectivity index (χ4n) is 1.51. The fraction of sp³-hybridized carbons (Fsp3) is 0.143. The molecule has 88 valence electrons. The molecule has 0 aromatic heterocycles. The number of hydrogen-bond acceptors (Lipinski definition) is 1. The Balaban J connectivity index is 2.08. The van der Waals surface area contributed by atoms with Crippen LogP contribution in [0.5, 0.6) is 5.75 Å². The van der Waals surface area contributed by atoms with Crippen LogP contribution in [0.25, 0.3) is 0 Å². The number of rotatable bonds is 3. The Hall–Kier alpha value is -1.35. The molecule has 1 nitrogen and oxygen atoms in total. The van der Waals surface area contributed by atoms with Crippen molar-refractivity contribution in [3.05, 3.63) is 63.9 Å². The zero-order valence-corrected chi connectivity index (χ0v) is 11.0. The third kappa shape index (κ3) is 3.07. The Morgan fingerprint density at radius 1 is 1.18 bits per heavy atom. The van der Waals surface area contributed by atoms with Gasteiger partial charge in [-0.2, -0.15) is 0 Å².